The van der Waals surface area contributed by atoms with Gasteiger partial charge in [0.25, 0.3) is 0 Å². The minimum absolute atomic E-state index is 0.180. The third-order valence-corrected chi connectivity index (χ3v) is 2.29. The number of halogens is 2. The average Bonchev–Trinajstić information content (AvgIpc) is 2.19. The highest BCUT2D eigenvalue weighted by Gasteiger charge is 1.98. The Labute approximate surface area is 88.6 Å². The highest BCUT2D eigenvalue weighted by molar-refractivity contribution is 6.25. The number of nitrogens with one attached hydrogen (secondary N) is 1. The molecule has 0 atom stereocenters. The summed E-state index contributed by atoms with van der Waals surface area (Å²) in [5.74, 6) is -0.180. The van der Waals surface area contributed by atoms with E-state index in [1.54, 1.807) is 19.1 Å². The number of aryl methyl sites for hydroxylation is 1. The molecule has 14 heavy (non-hydrogen) atoms. The van der Waals surface area contributed by atoms with Crippen molar-refractivity contribution >= 4 is 17.3 Å². The zero-order valence-corrected chi connectivity index (χ0v) is 9.03. The van der Waals surface area contributed by atoms with E-state index in [-0.39, 0.29) is 5.82 Å². The number of rotatable bonds is 3. The van der Waals surface area contributed by atoms with E-state index >= 15 is 0 Å². The van der Waals surface area contributed by atoms with Crippen LogP contribution in [0.4, 0.5) is 10.1 Å². The Morgan fingerprint density at radius 3 is 2.86 bits per heavy atom. The lowest BCUT2D eigenvalue weighted by Gasteiger charge is -2.07. The molecule has 1 nitrogen and oxygen atoms in total. The zero-order chi connectivity index (χ0) is 10.6. The first kappa shape index (κ1) is 11.1. The standard InChI is InChI=1S/C11H13ClFN/c1-8(6-12)7-14-10-3-4-11(13)9(2)5-10/h3-6,14H,7H2,1-2H3/b8-6-. The van der Waals surface area contributed by atoms with E-state index in [2.05, 4.69) is 5.32 Å². The van der Waals surface area contributed by atoms with Gasteiger partial charge >= 0.3 is 0 Å². The quantitative estimate of drug-likeness (QED) is 0.808. The molecule has 1 aromatic carbocycles. The van der Waals surface area contributed by atoms with Crippen LogP contribution in [0.1, 0.15) is 12.5 Å². The van der Waals surface area contributed by atoms with E-state index in [1.807, 2.05) is 6.92 Å². The molecule has 0 bridgehead atoms. The molecule has 76 valence electrons. The fraction of sp³-hybridized carbons (Fsp3) is 0.273. The minimum Gasteiger partial charge on any atom is -0.381 e. The molecule has 0 heterocycles. The molecule has 1 N–H and O–H groups in total. The molecule has 1 aromatic rings. The Morgan fingerprint density at radius 1 is 1.57 bits per heavy atom. The van der Waals surface area contributed by atoms with Crippen LogP contribution in [0, 0.1) is 12.7 Å². The van der Waals surface area contributed by atoms with E-state index < -0.39 is 0 Å². The average molecular weight is 214 g/mol. The predicted molar refractivity (Wildman–Crippen MR) is 59.2 cm³/mol. The summed E-state index contributed by atoms with van der Waals surface area (Å²) in [5, 5.41) is 3.14. The molecule has 3 heteroatoms. The van der Waals surface area contributed by atoms with Gasteiger partial charge in [0.15, 0.2) is 0 Å². The summed E-state index contributed by atoms with van der Waals surface area (Å²) in [4.78, 5) is 0. The molecule has 0 amide bonds. The van der Waals surface area contributed by atoms with E-state index in [0.29, 0.717) is 12.1 Å². The molecular formula is C11H13ClFN. The van der Waals surface area contributed by atoms with Gasteiger partial charge < -0.3 is 5.32 Å². The second kappa shape index (κ2) is 5.01. The van der Waals surface area contributed by atoms with Crippen LogP contribution in [-0.4, -0.2) is 6.54 Å². The molecule has 0 aromatic heterocycles. The van der Waals surface area contributed by atoms with Gasteiger partial charge in [0.2, 0.25) is 0 Å². The second-order valence-corrected chi connectivity index (χ2v) is 3.49. The Hall–Kier alpha value is -1.02. The lowest BCUT2D eigenvalue weighted by molar-refractivity contribution is 0.619. The van der Waals surface area contributed by atoms with E-state index in [0.717, 1.165) is 11.3 Å². The largest absolute Gasteiger partial charge is 0.381 e. The Kier molecular flexibility index (Phi) is 3.96. The van der Waals surface area contributed by atoms with Crippen LogP contribution in [-0.2, 0) is 0 Å². The van der Waals surface area contributed by atoms with Crippen LogP contribution in [0.2, 0.25) is 0 Å². The van der Waals surface area contributed by atoms with E-state index in [1.165, 1.54) is 11.6 Å². The van der Waals surface area contributed by atoms with Crippen molar-refractivity contribution in [3.63, 3.8) is 0 Å². The second-order valence-electron chi connectivity index (χ2n) is 3.27. The van der Waals surface area contributed by atoms with Gasteiger partial charge in [-0.3, -0.25) is 0 Å². The Morgan fingerprint density at radius 2 is 2.29 bits per heavy atom. The zero-order valence-electron chi connectivity index (χ0n) is 8.27. The van der Waals surface area contributed by atoms with Crippen LogP contribution >= 0.6 is 11.6 Å². The maximum atomic E-state index is 12.9. The summed E-state index contributed by atoms with van der Waals surface area (Å²) in [7, 11) is 0. The van der Waals surface area contributed by atoms with Gasteiger partial charge in [-0.05, 0) is 43.2 Å². The molecule has 0 saturated heterocycles. The van der Waals surface area contributed by atoms with Crippen molar-refractivity contribution < 1.29 is 4.39 Å². The number of hydrogen-bond donors (Lipinski definition) is 1. The molecule has 0 spiro atoms. The van der Waals surface area contributed by atoms with Gasteiger partial charge in [0, 0.05) is 17.8 Å². The molecule has 0 unspecified atom stereocenters. The van der Waals surface area contributed by atoms with Gasteiger partial charge in [-0.1, -0.05) is 11.6 Å². The van der Waals surface area contributed by atoms with Crippen LogP contribution < -0.4 is 5.32 Å². The van der Waals surface area contributed by atoms with Gasteiger partial charge in [0.05, 0.1) is 0 Å². The predicted octanol–water partition coefficient (Wildman–Crippen LogP) is 3.69. The van der Waals surface area contributed by atoms with Crippen molar-refractivity contribution in [2.45, 2.75) is 13.8 Å². The summed E-state index contributed by atoms with van der Waals surface area (Å²) < 4.78 is 12.9. The SMILES string of the molecule is C/C(=C/Cl)CNc1ccc(F)c(C)c1. The molecular weight excluding hydrogens is 201 g/mol. The maximum Gasteiger partial charge on any atom is 0.126 e. The van der Waals surface area contributed by atoms with Crippen LogP contribution in [0.3, 0.4) is 0 Å². The third-order valence-electron chi connectivity index (χ3n) is 1.92. The lowest BCUT2D eigenvalue weighted by atomic mass is 10.2. The topological polar surface area (TPSA) is 12.0 Å². The van der Waals surface area contributed by atoms with Crippen molar-refractivity contribution in [3.8, 4) is 0 Å². The third kappa shape index (κ3) is 3.04. The summed E-state index contributed by atoms with van der Waals surface area (Å²) in [6.45, 7) is 4.34. The van der Waals surface area contributed by atoms with Gasteiger partial charge in [-0.2, -0.15) is 0 Å². The molecule has 0 radical (unpaired) electrons. The van der Waals surface area contributed by atoms with Crippen molar-refractivity contribution in [3.05, 3.63) is 40.7 Å². The molecule has 0 aliphatic heterocycles. The molecule has 0 saturated carbocycles. The molecule has 0 fully saturated rings. The summed E-state index contributed by atoms with van der Waals surface area (Å²) in [6.07, 6.45) is 0. The minimum atomic E-state index is -0.180. The first-order valence-electron chi connectivity index (χ1n) is 4.39. The first-order valence-corrected chi connectivity index (χ1v) is 4.83. The lowest BCUT2D eigenvalue weighted by Crippen LogP contribution is -2.02. The fourth-order valence-electron chi connectivity index (χ4n) is 1.03. The van der Waals surface area contributed by atoms with Crippen LogP contribution in [0.25, 0.3) is 0 Å². The molecule has 1 rings (SSSR count). The normalized spacial score (nSPS) is 11.6. The summed E-state index contributed by atoms with van der Waals surface area (Å²) >= 11 is 5.51. The Bertz CT molecular complexity index is 347. The monoisotopic (exact) mass is 213 g/mol. The van der Waals surface area contributed by atoms with Gasteiger partial charge in [-0.25, -0.2) is 4.39 Å². The maximum absolute atomic E-state index is 12.9. The molecule has 0 aliphatic rings. The summed E-state index contributed by atoms with van der Waals surface area (Å²) in [5.41, 5.74) is 4.11. The summed E-state index contributed by atoms with van der Waals surface area (Å²) in [6, 6.07) is 4.94. The highest BCUT2D eigenvalue weighted by atomic mass is 35.5. The van der Waals surface area contributed by atoms with Crippen LogP contribution in [0.15, 0.2) is 29.3 Å². The fourth-order valence-corrected chi connectivity index (χ4v) is 1.11. The van der Waals surface area contributed by atoms with Crippen molar-refractivity contribution in [1.29, 1.82) is 0 Å². The van der Waals surface area contributed by atoms with E-state index in [9.17, 15) is 4.39 Å². The van der Waals surface area contributed by atoms with E-state index in [4.69, 9.17) is 11.6 Å². The smallest absolute Gasteiger partial charge is 0.126 e. The van der Waals surface area contributed by atoms with Crippen molar-refractivity contribution in [2.75, 3.05) is 11.9 Å². The first-order chi connectivity index (χ1) is 6.63. The van der Waals surface area contributed by atoms with Crippen molar-refractivity contribution in [2.24, 2.45) is 0 Å². The van der Waals surface area contributed by atoms with Gasteiger partial charge in [-0.15, -0.1) is 0 Å². The highest BCUT2D eigenvalue weighted by Crippen LogP contribution is 2.13. The number of hydrogen-bond acceptors (Lipinski definition) is 1. The van der Waals surface area contributed by atoms with Gasteiger partial charge in [0.1, 0.15) is 5.82 Å². The number of benzene rings is 1. The van der Waals surface area contributed by atoms with Crippen LogP contribution in [0.5, 0.6) is 0 Å². The van der Waals surface area contributed by atoms with Crippen molar-refractivity contribution in [1.82, 2.24) is 0 Å². The molecule has 0 aliphatic carbocycles. The Balaban J connectivity index is 2.64. The number of anilines is 1.